The van der Waals surface area contributed by atoms with Gasteiger partial charge in [0, 0.05) is 18.2 Å². The minimum atomic E-state index is -0.632. The van der Waals surface area contributed by atoms with E-state index in [9.17, 15) is 18.4 Å². The summed E-state index contributed by atoms with van der Waals surface area (Å²) in [5.41, 5.74) is 3.24. The Morgan fingerprint density at radius 1 is 1.11 bits per heavy atom. The average Bonchev–Trinajstić information content (AvgIpc) is 2.98. The monoisotopic (exact) mass is 372 g/mol. The number of hydroxylamine groups is 1. The molecule has 0 bridgehead atoms. The molecule has 140 valence electrons. The Labute approximate surface area is 154 Å². The Morgan fingerprint density at radius 2 is 1.93 bits per heavy atom. The molecule has 27 heavy (non-hydrogen) atoms. The van der Waals surface area contributed by atoms with Crippen LogP contribution in [0.2, 0.25) is 0 Å². The SMILES string of the molecule is O=C(NO)c1ccc2c(c1)CC[C@@]1(CCN(c3cc(F)ccc3F)C1=O)C2. The molecule has 1 heterocycles. The van der Waals surface area contributed by atoms with E-state index >= 15 is 0 Å². The van der Waals surface area contributed by atoms with E-state index in [2.05, 4.69) is 0 Å². The highest BCUT2D eigenvalue weighted by Crippen LogP contribution is 2.45. The molecule has 7 heteroatoms. The van der Waals surface area contributed by atoms with Crippen molar-refractivity contribution in [1.29, 1.82) is 0 Å². The van der Waals surface area contributed by atoms with Gasteiger partial charge in [-0.05, 0) is 61.1 Å². The Bertz CT molecular complexity index is 947. The van der Waals surface area contributed by atoms with Crippen molar-refractivity contribution in [2.45, 2.75) is 25.7 Å². The number of hydrogen-bond acceptors (Lipinski definition) is 3. The Hall–Kier alpha value is -2.80. The van der Waals surface area contributed by atoms with Crippen LogP contribution in [-0.2, 0) is 17.6 Å². The minimum absolute atomic E-state index is 0.0161. The smallest absolute Gasteiger partial charge is 0.274 e. The molecule has 1 aliphatic heterocycles. The quantitative estimate of drug-likeness (QED) is 0.629. The number of anilines is 1. The number of benzene rings is 2. The van der Waals surface area contributed by atoms with Crippen molar-refractivity contribution in [2.24, 2.45) is 5.41 Å². The number of carbonyl (C=O) groups excluding carboxylic acids is 2. The summed E-state index contributed by atoms with van der Waals surface area (Å²) in [6.45, 7) is 0.347. The average molecular weight is 372 g/mol. The van der Waals surface area contributed by atoms with Gasteiger partial charge in [0.1, 0.15) is 11.6 Å². The van der Waals surface area contributed by atoms with Crippen molar-refractivity contribution in [3.8, 4) is 0 Å². The Kier molecular flexibility index (Phi) is 4.19. The second-order valence-corrected chi connectivity index (χ2v) is 7.18. The van der Waals surface area contributed by atoms with E-state index in [1.54, 1.807) is 23.7 Å². The van der Waals surface area contributed by atoms with Gasteiger partial charge in [0.15, 0.2) is 0 Å². The summed E-state index contributed by atoms with van der Waals surface area (Å²) in [5, 5.41) is 8.77. The van der Waals surface area contributed by atoms with E-state index in [4.69, 9.17) is 5.21 Å². The fourth-order valence-corrected chi connectivity index (χ4v) is 4.20. The van der Waals surface area contributed by atoms with Crippen LogP contribution in [0.5, 0.6) is 0 Å². The number of halogens is 2. The van der Waals surface area contributed by atoms with Crippen LogP contribution < -0.4 is 10.4 Å². The first-order valence-electron chi connectivity index (χ1n) is 8.77. The first kappa shape index (κ1) is 17.6. The van der Waals surface area contributed by atoms with Gasteiger partial charge in [-0.25, -0.2) is 14.3 Å². The van der Waals surface area contributed by atoms with Gasteiger partial charge in [-0.3, -0.25) is 14.8 Å². The highest BCUT2D eigenvalue weighted by Gasteiger charge is 2.49. The number of amides is 2. The number of nitrogens with one attached hydrogen (secondary N) is 1. The molecule has 2 aliphatic rings. The highest BCUT2D eigenvalue weighted by molar-refractivity contribution is 6.00. The molecular weight excluding hydrogens is 354 g/mol. The second kappa shape index (κ2) is 6.42. The molecule has 1 atom stereocenters. The Balaban J connectivity index is 1.62. The van der Waals surface area contributed by atoms with Gasteiger partial charge in [0.25, 0.3) is 5.91 Å². The zero-order valence-corrected chi connectivity index (χ0v) is 14.5. The Morgan fingerprint density at radius 3 is 2.70 bits per heavy atom. The van der Waals surface area contributed by atoms with Gasteiger partial charge in [0.2, 0.25) is 5.91 Å². The third-order valence-corrected chi connectivity index (χ3v) is 5.68. The van der Waals surface area contributed by atoms with Crippen molar-refractivity contribution in [2.75, 3.05) is 11.4 Å². The third-order valence-electron chi connectivity index (χ3n) is 5.68. The minimum Gasteiger partial charge on any atom is -0.309 e. The molecular formula is C20H18F2N2O3. The van der Waals surface area contributed by atoms with Crippen LogP contribution in [0.1, 0.15) is 34.3 Å². The summed E-state index contributed by atoms with van der Waals surface area (Å²) >= 11 is 0. The molecule has 5 nitrogen and oxygen atoms in total. The van der Waals surface area contributed by atoms with Crippen molar-refractivity contribution in [3.05, 3.63) is 64.7 Å². The summed E-state index contributed by atoms with van der Waals surface area (Å²) < 4.78 is 27.7. The number of carbonyl (C=O) groups is 2. The molecule has 4 rings (SSSR count). The van der Waals surface area contributed by atoms with Crippen molar-refractivity contribution < 1.29 is 23.6 Å². The summed E-state index contributed by atoms with van der Waals surface area (Å²) in [5.74, 6) is -1.96. The van der Waals surface area contributed by atoms with E-state index in [-0.39, 0.29) is 11.6 Å². The number of nitrogens with zero attached hydrogens (tertiary/aromatic N) is 1. The first-order valence-corrected chi connectivity index (χ1v) is 8.77. The van der Waals surface area contributed by atoms with Crippen LogP contribution in [0.4, 0.5) is 14.5 Å². The zero-order chi connectivity index (χ0) is 19.2. The van der Waals surface area contributed by atoms with Gasteiger partial charge in [0.05, 0.1) is 11.1 Å². The van der Waals surface area contributed by atoms with E-state index < -0.39 is 23.0 Å². The van der Waals surface area contributed by atoms with Crippen LogP contribution >= 0.6 is 0 Å². The normalized spacial score (nSPS) is 21.4. The lowest BCUT2D eigenvalue weighted by Crippen LogP contribution is -2.39. The van der Waals surface area contributed by atoms with Crippen LogP contribution in [0.3, 0.4) is 0 Å². The highest BCUT2D eigenvalue weighted by atomic mass is 19.1. The summed E-state index contributed by atoms with van der Waals surface area (Å²) in [4.78, 5) is 26.0. The maximum absolute atomic E-state index is 14.1. The standard InChI is InChI=1S/C20H18F2N2O3/c21-15-3-4-16(22)17(10-15)24-8-7-20(19(24)26)6-5-12-9-13(18(25)23-27)1-2-14(12)11-20/h1-4,9-10,27H,5-8,11H2,(H,23,25)/t20-/m1/s1. The molecule has 2 amide bonds. The molecule has 0 aromatic heterocycles. The van der Waals surface area contributed by atoms with Crippen LogP contribution in [0.15, 0.2) is 36.4 Å². The van der Waals surface area contributed by atoms with Crippen molar-refractivity contribution in [1.82, 2.24) is 5.48 Å². The first-order chi connectivity index (χ1) is 12.9. The van der Waals surface area contributed by atoms with E-state index in [0.29, 0.717) is 37.8 Å². The van der Waals surface area contributed by atoms with Crippen molar-refractivity contribution >= 4 is 17.5 Å². The predicted molar refractivity (Wildman–Crippen MR) is 93.5 cm³/mol. The predicted octanol–water partition coefficient (Wildman–Crippen LogP) is 3.00. The van der Waals surface area contributed by atoms with Crippen LogP contribution in [0, 0.1) is 17.0 Å². The maximum atomic E-state index is 14.1. The van der Waals surface area contributed by atoms with Crippen LogP contribution in [0.25, 0.3) is 0 Å². The third kappa shape index (κ3) is 2.88. The molecule has 1 aliphatic carbocycles. The van der Waals surface area contributed by atoms with Crippen LogP contribution in [-0.4, -0.2) is 23.6 Å². The maximum Gasteiger partial charge on any atom is 0.274 e. The fraction of sp³-hybridized carbons (Fsp3) is 0.300. The molecule has 1 saturated heterocycles. The summed E-state index contributed by atoms with van der Waals surface area (Å²) in [6.07, 6.45) is 2.25. The second-order valence-electron chi connectivity index (χ2n) is 7.18. The number of aryl methyl sites for hydroxylation is 1. The van der Waals surface area contributed by atoms with E-state index in [1.165, 1.54) is 4.90 Å². The van der Waals surface area contributed by atoms with Crippen molar-refractivity contribution in [3.63, 3.8) is 0 Å². The molecule has 0 radical (unpaired) electrons. The number of rotatable bonds is 2. The van der Waals surface area contributed by atoms with E-state index in [0.717, 1.165) is 29.3 Å². The summed E-state index contributed by atoms with van der Waals surface area (Å²) in [7, 11) is 0. The molecule has 2 N–H and O–H groups in total. The number of hydrogen-bond donors (Lipinski definition) is 2. The van der Waals surface area contributed by atoms with Gasteiger partial charge in [-0.2, -0.15) is 0 Å². The van der Waals surface area contributed by atoms with Gasteiger partial charge in [-0.15, -0.1) is 0 Å². The lowest BCUT2D eigenvalue weighted by molar-refractivity contribution is -0.126. The topological polar surface area (TPSA) is 69.6 Å². The van der Waals surface area contributed by atoms with Gasteiger partial charge >= 0.3 is 0 Å². The number of fused-ring (bicyclic) bond motifs is 1. The lowest BCUT2D eigenvalue weighted by atomic mass is 9.70. The fourth-order valence-electron chi connectivity index (χ4n) is 4.20. The molecule has 0 saturated carbocycles. The molecule has 1 fully saturated rings. The largest absolute Gasteiger partial charge is 0.309 e. The molecule has 2 aromatic carbocycles. The van der Waals surface area contributed by atoms with E-state index in [1.807, 2.05) is 0 Å². The zero-order valence-electron chi connectivity index (χ0n) is 14.5. The van der Waals surface area contributed by atoms with Gasteiger partial charge in [-0.1, -0.05) is 6.07 Å². The van der Waals surface area contributed by atoms with Gasteiger partial charge < -0.3 is 4.90 Å². The lowest BCUT2D eigenvalue weighted by Gasteiger charge is -2.33. The molecule has 0 unspecified atom stereocenters. The molecule has 2 aromatic rings. The molecule has 1 spiro atoms. The summed E-state index contributed by atoms with van der Waals surface area (Å²) in [6, 6.07) is 8.24.